The Kier molecular flexibility index (Phi) is 4.34. The fourth-order valence-corrected chi connectivity index (χ4v) is 1.82. The quantitative estimate of drug-likeness (QED) is 0.861. The van der Waals surface area contributed by atoms with Crippen LogP contribution in [0.3, 0.4) is 0 Å². The average Bonchev–Trinajstić information content (AvgIpc) is 2.47. The summed E-state index contributed by atoms with van der Waals surface area (Å²) in [7, 11) is 1.86. The van der Waals surface area contributed by atoms with Crippen molar-refractivity contribution < 1.29 is 0 Å². The molecule has 0 aliphatic carbocycles. The lowest BCUT2D eigenvalue weighted by Crippen LogP contribution is -2.03. The number of nitrogens with one attached hydrogen (secondary N) is 2. The molecule has 2 N–H and O–H groups in total. The SMILES string of the molecule is CCc1ccc(Nc2cc(NC)nc(CC)n2)cc1. The molecule has 0 unspecified atom stereocenters. The van der Waals surface area contributed by atoms with E-state index in [1.54, 1.807) is 0 Å². The topological polar surface area (TPSA) is 49.8 Å². The maximum absolute atomic E-state index is 4.48. The molecule has 0 aliphatic rings. The van der Waals surface area contributed by atoms with Gasteiger partial charge in [0.1, 0.15) is 17.5 Å². The molecule has 2 rings (SSSR count). The van der Waals surface area contributed by atoms with Crippen molar-refractivity contribution in [2.45, 2.75) is 26.7 Å². The van der Waals surface area contributed by atoms with Crippen molar-refractivity contribution in [3.05, 3.63) is 41.7 Å². The third-order valence-corrected chi connectivity index (χ3v) is 2.98. The molecule has 0 spiro atoms. The fourth-order valence-electron chi connectivity index (χ4n) is 1.82. The van der Waals surface area contributed by atoms with Crippen molar-refractivity contribution in [1.29, 1.82) is 0 Å². The summed E-state index contributed by atoms with van der Waals surface area (Å²) in [4.78, 5) is 8.85. The van der Waals surface area contributed by atoms with Gasteiger partial charge in [0.25, 0.3) is 0 Å². The van der Waals surface area contributed by atoms with Crippen molar-refractivity contribution in [1.82, 2.24) is 9.97 Å². The standard InChI is InChI=1S/C15H20N4/c1-4-11-6-8-12(9-7-11)17-15-10-14(16-3)18-13(5-2)19-15/h6-10H,4-5H2,1-3H3,(H2,16,17,18,19). The van der Waals surface area contributed by atoms with Gasteiger partial charge in [0.2, 0.25) is 0 Å². The number of aromatic nitrogens is 2. The van der Waals surface area contributed by atoms with E-state index in [1.807, 2.05) is 13.1 Å². The van der Waals surface area contributed by atoms with Crippen LogP contribution in [0, 0.1) is 0 Å². The number of aryl methyl sites for hydroxylation is 2. The first-order valence-corrected chi connectivity index (χ1v) is 6.66. The highest BCUT2D eigenvalue weighted by atomic mass is 15.1. The smallest absolute Gasteiger partial charge is 0.136 e. The lowest BCUT2D eigenvalue weighted by molar-refractivity contribution is 0.944. The Balaban J connectivity index is 2.21. The monoisotopic (exact) mass is 256 g/mol. The maximum atomic E-state index is 4.48. The number of hydrogen-bond donors (Lipinski definition) is 2. The molecule has 0 saturated carbocycles. The molecular formula is C15H20N4. The molecule has 0 saturated heterocycles. The molecule has 1 heterocycles. The van der Waals surface area contributed by atoms with Crippen LogP contribution >= 0.6 is 0 Å². The lowest BCUT2D eigenvalue weighted by Gasteiger charge is -2.09. The van der Waals surface area contributed by atoms with E-state index >= 15 is 0 Å². The second-order valence-electron chi connectivity index (χ2n) is 4.33. The van der Waals surface area contributed by atoms with E-state index in [9.17, 15) is 0 Å². The number of anilines is 3. The van der Waals surface area contributed by atoms with Crippen LogP contribution in [0.5, 0.6) is 0 Å². The second-order valence-corrected chi connectivity index (χ2v) is 4.33. The van der Waals surface area contributed by atoms with Gasteiger partial charge in [0.15, 0.2) is 0 Å². The normalized spacial score (nSPS) is 10.3. The number of hydrogen-bond acceptors (Lipinski definition) is 4. The predicted molar refractivity (Wildman–Crippen MR) is 80.1 cm³/mol. The second kappa shape index (κ2) is 6.18. The summed E-state index contributed by atoms with van der Waals surface area (Å²) in [5.41, 5.74) is 2.37. The van der Waals surface area contributed by atoms with E-state index in [0.29, 0.717) is 0 Å². The lowest BCUT2D eigenvalue weighted by atomic mass is 10.1. The van der Waals surface area contributed by atoms with Crippen molar-refractivity contribution in [2.75, 3.05) is 17.7 Å². The average molecular weight is 256 g/mol. The molecule has 0 aliphatic heterocycles. The van der Waals surface area contributed by atoms with E-state index in [4.69, 9.17) is 0 Å². The summed E-state index contributed by atoms with van der Waals surface area (Å²) in [5, 5.41) is 6.37. The van der Waals surface area contributed by atoms with E-state index in [2.05, 4.69) is 58.7 Å². The minimum atomic E-state index is 0.818. The Morgan fingerprint density at radius 3 is 2.21 bits per heavy atom. The minimum absolute atomic E-state index is 0.818. The Labute approximate surface area is 114 Å². The summed E-state index contributed by atoms with van der Waals surface area (Å²) in [6.45, 7) is 4.20. The van der Waals surface area contributed by atoms with Crippen molar-refractivity contribution in [3.8, 4) is 0 Å². The van der Waals surface area contributed by atoms with Crippen molar-refractivity contribution in [2.24, 2.45) is 0 Å². The van der Waals surface area contributed by atoms with Gasteiger partial charge in [-0.1, -0.05) is 26.0 Å². The van der Waals surface area contributed by atoms with Crippen molar-refractivity contribution in [3.63, 3.8) is 0 Å². The molecule has 4 heteroatoms. The zero-order chi connectivity index (χ0) is 13.7. The van der Waals surface area contributed by atoms with Gasteiger partial charge in [-0.15, -0.1) is 0 Å². The largest absolute Gasteiger partial charge is 0.373 e. The van der Waals surface area contributed by atoms with Gasteiger partial charge in [-0.3, -0.25) is 0 Å². The third kappa shape index (κ3) is 3.44. The molecule has 19 heavy (non-hydrogen) atoms. The molecule has 1 aromatic carbocycles. The number of benzene rings is 1. The van der Waals surface area contributed by atoms with E-state index in [1.165, 1.54) is 5.56 Å². The summed E-state index contributed by atoms with van der Waals surface area (Å²) < 4.78 is 0. The maximum Gasteiger partial charge on any atom is 0.136 e. The van der Waals surface area contributed by atoms with Crippen LogP contribution in [0.2, 0.25) is 0 Å². The molecule has 0 atom stereocenters. The highest BCUT2D eigenvalue weighted by Crippen LogP contribution is 2.18. The third-order valence-electron chi connectivity index (χ3n) is 2.98. The Hall–Kier alpha value is -2.10. The molecule has 2 aromatic rings. The Morgan fingerprint density at radius 2 is 1.63 bits per heavy atom. The van der Waals surface area contributed by atoms with Crippen LogP contribution in [0.4, 0.5) is 17.3 Å². The van der Waals surface area contributed by atoms with Crippen LogP contribution in [-0.4, -0.2) is 17.0 Å². The first-order chi connectivity index (χ1) is 9.25. The fraction of sp³-hybridized carbons (Fsp3) is 0.333. The van der Waals surface area contributed by atoms with E-state index in [-0.39, 0.29) is 0 Å². The summed E-state index contributed by atoms with van der Waals surface area (Å²) in [6.07, 6.45) is 1.87. The molecule has 1 aromatic heterocycles. The molecular weight excluding hydrogens is 236 g/mol. The Morgan fingerprint density at radius 1 is 0.947 bits per heavy atom. The van der Waals surface area contributed by atoms with Gasteiger partial charge in [-0.2, -0.15) is 0 Å². The van der Waals surface area contributed by atoms with Gasteiger partial charge in [-0.25, -0.2) is 9.97 Å². The van der Waals surface area contributed by atoms with Gasteiger partial charge in [-0.05, 0) is 24.1 Å². The van der Waals surface area contributed by atoms with Gasteiger partial charge in [0, 0.05) is 25.2 Å². The molecule has 4 nitrogen and oxygen atoms in total. The zero-order valence-corrected chi connectivity index (χ0v) is 11.7. The molecule has 0 fully saturated rings. The van der Waals surface area contributed by atoms with Crippen LogP contribution in [-0.2, 0) is 12.8 Å². The minimum Gasteiger partial charge on any atom is -0.373 e. The van der Waals surface area contributed by atoms with Gasteiger partial charge < -0.3 is 10.6 Å². The summed E-state index contributed by atoms with van der Waals surface area (Å²) in [6, 6.07) is 10.3. The Bertz CT molecular complexity index is 512. The van der Waals surface area contributed by atoms with Crippen LogP contribution in [0.1, 0.15) is 25.2 Å². The summed E-state index contributed by atoms with van der Waals surface area (Å²) in [5.74, 6) is 2.49. The molecule has 0 bridgehead atoms. The van der Waals surface area contributed by atoms with Gasteiger partial charge in [0.05, 0.1) is 0 Å². The first kappa shape index (κ1) is 13.3. The van der Waals surface area contributed by atoms with Crippen LogP contribution < -0.4 is 10.6 Å². The van der Waals surface area contributed by atoms with Gasteiger partial charge >= 0.3 is 0 Å². The van der Waals surface area contributed by atoms with Crippen molar-refractivity contribution >= 4 is 17.3 Å². The highest BCUT2D eigenvalue weighted by Gasteiger charge is 2.03. The molecule has 0 amide bonds. The van der Waals surface area contributed by atoms with Crippen LogP contribution in [0.25, 0.3) is 0 Å². The van der Waals surface area contributed by atoms with Crippen LogP contribution in [0.15, 0.2) is 30.3 Å². The van der Waals surface area contributed by atoms with E-state index < -0.39 is 0 Å². The molecule has 100 valence electrons. The highest BCUT2D eigenvalue weighted by molar-refractivity contribution is 5.59. The predicted octanol–water partition coefficient (Wildman–Crippen LogP) is 3.39. The summed E-state index contributed by atoms with van der Waals surface area (Å²) >= 11 is 0. The zero-order valence-electron chi connectivity index (χ0n) is 11.7. The number of rotatable bonds is 5. The first-order valence-electron chi connectivity index (χ1n) is 6.66. The number of nitrogens with zero attached hydrogens (tertiary/aromatic N) is 2. The van der Waals surface area contributed by atoms with E-state index in [0.717, 1.165) is 36.0 Å². The molecule has 0 radical (unpaired) electrons.